The topological polar surface area (TPSA) is 89.8 Å². The van der Waals surface area contributed by atoms with Crippen molar-refractivity contribution in [3.8, 4) is 0 Å². The van der Waals surface area contributed by atoms with Gasteiger partial charge in [0.1, 0.15) is 0 Å². The lowest BCUT2D eigenvalue weighted by molar-refractivity contribution is -0.385. The number of nitro groups is 1. The van der Waals surface area contributed by atoms with Gasteiger partial charge in [0.15, 0.2) is 5.60 Å². The maximum Gasteiger partial charge on any atom is 0.418 e. The van der Waals surface area contributed by atoms with E-state index in [9.17, 15) is 19.7 Å². The Morgan fingerprint density at radius 1 is 1.32 bits per heavy atom. The summed E-state index contributed by atoms with van der Waals surface area (Å²) in [7, 11) is 0. The highest BCUT2D eigenvalue weighted by Crippen LogP contribution is 2.27. The van der Waals surface area contributed by atoms with Crippen LogP contribution in [0.3, 0.4) is 0 Å². The highest BCUT2D eigenvalue weighted by Gasteiger charge is 2.47. The molecule has 1 saturated heterocycles. The average molecular weight is 264 g/mol. The van der Waals surface area contributed by atoms with Crippen LogP contribution >= 0.6 is 0 Å². The fraction of sp³-hybridized carbons (Fsp3) is 0.333. The lowest BCUT2D eigenvalue weighted by Gasteiger charge is -2.13. The lowest BCUT2D eigenvalue weighted by Crippen LogP contribution is -2.35. The van der Waals surface area contributed by atoms with Gasteiger partial charge in [0, 0.05) is 11.6 Å². The van der Waals surface area contributed by atoms with Crippen LogP contribution < -0.4 is 0 Å². The number of rotatable bonds is 3. The van der Waals surface area contributed by atoms with Crippen molar-refractivity contribution >= 4 is 17.7 Å². The van der Waals surface area contributed by atoms with E-state index in [1.54, 1.807) is 6.07 Å². The number of nitrogens with zero attached hydrogens (tertiary/aromatic N) is 2. The Morgan fingerprint density at radius 2 is 1.95 bits per heavy atom. The van der Waals surface area contributed by atoms with E-state index in [1.165, 1.54) is 32.0 Å². The molecule has 100 valence electrons. The quantitative estimate of drug-likeness (QED) is 0.613. The molecule has 1 heterocycles. The average Bonchev–Trinajstić information content (AvgIpc) is 2.52. The summed E-state index contributed by atoms with van der Waals surface area (Å²) in [6.07, 6.45) is -0.784. The number of nitro benzene ring substituents is 1. The molecule has 2 rings (SSSR count). The van der Waals surface area contributed by atoms with Crippen molar-refractivity contribution in [1.82, 2.24) is 4.90 Å². The number of carbonyl (C=O) groups excluding carboxylic acids is 2. The molecule has 0 aliphatic carbocycles. The molecule has 0 bridgehead atoms. The highest BCUT2D eigenvalue weighted by molar-refractivity contribution is 6.02. The van der Waals surface area contributed by atoms with Crippen LogP contribution in [0.15, 0.2) is 24.3 Å². The standard InChI is InChI=1S/C12H12N2O5/c1-12(2)10(15)13(11(16)19-12)7-8-5-3-4-6-9(8)14(17)18/h3-6H,7H2,1-2H3. The molecule has 2 amide bonds. The molecule has 7 nitrogen and oxygen atoms in total. The molecule has 0 aromatic heterocycles. The minimum Gasteiger partial charge on any atom is -0.433 e. The molecule has 1 aliphatic rings. The molecular formula is C12H12N2O5. The van der Waals surface area contributed by atoms with Gasteiger partial charge in [-0.25, -0.2) is 9.69 Å². The SMILES string of the molecule is CC1(C)OC(=O)N(Cc2ccccc2[N+](=O)[O-])C1=O. The number of carbonyl (C=O) groups is 2. The molecule has 0 radical (unpaired) electrons. The Labute approximate surface area is 108 Å². The van der Waals surface area contributed by atoms with Crippen molar-refractivity contribution in [2.24, 2.45) is 0 Å². The molecule has 0 unspecified atom stereocenters. The summed E-state index contributed by atoms with van der Waals surface area (Å²) in [5.41, 5.74) is -1.07. The Hall–Kier alpha value is -2.44. The third-order valence-corrected chi connectivity index (χ3v) is 2.84. The number of hydrogen-bond acceptors (Lipinski definition) is 5. The summed E-state index contributed by atoms with van der Waals surface area (Å²) in [5, 5.41) is 10.9. The molecular weight excluding hydrogens is 252 g/mol. The zero-order valence-electron chi connectivity index (χ0n) is 10.5. The fourth-order valence-corrected chi connectivity index (χ4v) is 1.85. The highest BCUT2D eigenvalue weighted by atomic mass is 16.6. The van der Waals surface area contributed by atoms with Crippen LogP contribution in [-0.2, 0) is 16.1 Å². The maximum absolute atomic E-state index is 11.9. The van der Waals surface area contributed by atoms with Crippen LogP contribution in [0.1, 0.15) is 19.4 Å². The minimum absolute atomic E-state index is 0.132. The Morgan fingerprint density at radius 3 is 2.47 bits per heavy atom. The van der Waals surface area contributed by atoms with Gasteiger partial charge in [-0.2, -0.15) is 0 Å². The minimum atomic E-state index is -1.22. The molecule has 0 atom stereocenters. The number of cyclic esters (lactones) is 1. The third-order valence-electron chi connectivity index (χ3n) is 2.84. The Bertz CT molecular complexity index is 567. The van der Waals surface area contributed by atoms with Crippen molar-refractivity contribution < 1.29 is 19.2 Å². The summed E-state index contributed by atoms with van der Waals surface area (Å²) in [5.74, 6) is -0.504. The summed E-state index contributed by atoms with van der Waals surface area (Å²) in [6.45, 7) is 2.79. The first-order valence-corrected chi connectivity index (χ1v) is 5.60. The van der Waals surface area contributed by atoms with Gasteiger partial charge in [-0.05, 0) is 13.8 Å². The van der Waals surface area contributed by atoms with Crippen molar-refractivity contribution in [3.63, 3.8) is 0 Å². The van der Waals surface area contributed by atoms with Crippen molar-refractivity contribution in [3.05, 3.63) is 39.9 Å². The second-order valence-corrected chi connectivity index (χ2v) is 4.66. The molecule has 7 heteroatoms. The van der Waals surface area contributed by atoms with Gasteiger partial charge in [-0.3, -0.25) is 14.9 Å². The van der Waals surface area contributed by atoms with Gasteiger partial charge in [-0.1, -0.05) is 18.2 Å². The molecule has 1 aliphatic heterocycles. The van der Waals surface area contributed by atoms with Gasteiger partial charge < -0.3 is 4.74 Å². The largest absolute Gasteiger partial charge is 0.433 e. The van der Waals surface area contributed by atoms with Crippen LogP contribution in [0.2, 0.25) is 0 Å². The van der Waals surface area contributed by atoms with Gasteiger partial charge in [0.2, 0.25) is 0 Å². The fourth-order valence-electron chi connectivity index (χ4n) is 1.85. The summed E-state index contributed by atoms with van der Waals surface area (Å²) in [4.78, 5) is 34.7. The summed E-state index contributed by atoms with van der Waals surface area (Å²) >= 11 is 0. The van der Waals surface area contributed by atoms with E-state index in [1.807, 2.05) is 0 Å². The normalized spacial score (nSPS) is 17.5. The van der Waals surface area contributed by atoms with Crippen LogP contribution in [0.25, 0.3) is 0 Å². The summed E-state index contributed by atoms with van der Waals surface area (Å²) < 4.78 is 4.91. The first-order valence-electron chi connectivity index (χ1n) is 5.60. The maximum atomic E-state index is 11.9. The van der Waals surface area contributed by atoms with E-state index < -0.39 is 22.5 Å². The molecule has 19 heavy (non-hydrogen) atoms. The van der Waals surface area contributed by atoms with Crippen LogP contribution in [0.4, 0.5) is 10.5 Å². The molecule has 0 saturated carbocycles. The van der Waals surface area contributed by atoms with Crippen LogP contribution in [0, 0.1) is 10.1 Å². The molecule has 0 N–H and O–H groups in total. The van der Waals surface area contributed by atoms with E-state index in [4.69, 9.17) is 4.74 Å². The predicted octanol–water partition coefficient (Wildman–Crippen LogP) is 1.85. The van der Waals surface area contributed by atoms with Crippen LogP contribution in [-0.4, -0.2) is 27.4 Å². The lowest BCUT2D eigenvalue weighted by atomic mass is 10.1. The van der Waals surface area contributed by atoms with E-state index in [0.29, 0.717) is 0 Å². The number of hydrogen-bond donors (Lipinski definition) is 0. The zero-order valence-corrected chi connectivity index (χ0v) is 10.5. The first-order chi connectivity index (χ1) is 8.83. The van der Waals surface area contributed by atoms with Gasteiger partial charge in [-0.15, -0.1) is 0 Å². The Kier molecular flexibility index (Phi) is 2.97. The molecule has 1 aromatic rings. The van der Waals surface area contributed by atoms with E-state index in [0.717, 1.165) is 4.90 Å². The Balaban J connectivity index is 2.30. The second kappa shape index (κ2) is 4.34. The number of benzene rings is 1. The third kappa shape index (κ3) is 2.26. The molecule has 1 aromatic carbocycles. The van der Waals surface area contributed by atoms with Gasteiger partial charge in [0.05, 0.1) is 11.5 Å². The second-order valence-electron chi connectivity index (χ2n) is 4.66. The van der Waals surface area contributed by atoms with Crippen LogP contribution in [0.5, 0.6) is 0 Å². The molecule has 0 spiro atoms. The van der Waals surface area contributed by atoms with E-state index in [-0.39, 0.29) is 17.8 Å². The van der Waals surface area contributed by atoms with Crippen molar-refractivity contribution in [2.75, 3.05) is 0 Å². The smallest absolute Gasteiger partial charge is 0.418 e. The predicted molar refractivity (Wildman–Crippen MR) is 64.2 cm³/mol. The van der Waals surface area contributed by atoms with E-state index >= 15 is 0 Å². The zero-order chi connectivity index (χ0) is 14.2. The molecule has 1 fully saturated rings. The monoisotopic (exact) mass is 264 g/mol. The van der Waals surface area contributed by atoms with Crippen molar-refractivity contribution in [1.29, 1.82) is 0 Å². The number of para-hydroxylation sites is 1. The summed E-state index contributed by atoms with van der Waals surface area (Å²) in [6, 6.07) is 5.96. The number of ether oxygens (including phenoxy) is 1. The van der Waals surface area contributed by atoms with E-state index in [2.05, 4.69) is 0 Å². The van der Waals surface area contributed by atoms with Gasteiger partial charge >= 0.3 is 6.09 Å². The van der Waals surface area contributed by atoms with Crippen molar-refractivity contribution in [2.45, 2.75) is 26.0 Å². The van der Waals surface area contributed by atoms with Gasteiger partial charge in [0.25, 0.3) is 11.6 Å². The number of imide groups is 1. The first kappa shape index (κ1) is 13.0. The number of amides is 2.